The molecule has 0 saturated carbocycles. The maximum Gasteiger partial charge on any atom is 0.343 e. The third-order valence-corrected chi connectivity index (χ3v) is 4.19. The molecule has 1 saturated heterocycles. The lowest BCUT2D eigenvalue weighted by Crippen LogP contribution is -2.40. The van der Waals surface area contributed by atoms with E-state index in [0.717, 1.165) is 11.1 Å². The van der Waals surface area contributed by atoms with Gasteiger partial charge in [-0.3, -0.25) is 9.59 Å². The number of benzene rings is 1. The van der Waals surface area contributed by atoms with E-state index < -0.39 is 24.2 Å². The van der Waals surface area contributed by atoms with Crippen molar-refractivity contribution in [3.8, 4) is 0 Å². The number of nitrogens with one attached hydrogen (secondary N) is 1. The van der Waals surface area contributed by atoms with Crippen molar-refractivity contribution in [2.24, 2.45) is 0 Å². The van der Waals surface area contributed by atoms with Gasteiger partial charge in [-0.15, -0.1) is 0 Å². The maximum atomic E-state index is 14.1. The second-order valence-electron chi connectivity index (χ2n) is 6.20. The maximum absolute atomic E-state index is 14.1. The molecule has 2 amide bonds. The molecule has 1 heterocycles. The Labute approximate surface area is 139 Å². The monoisotopic (exact) mass is 336 g/mol. The summed E-state index contributed by atoms with van der Waals surface area (Å²) >= 11 is 0. The molecule has 130 valence electrons. The number of hydrogen-bond acceptors (Lipinski definition) is 3. The highest BCUT2D eigenvalue weighted by atomic mass is 19.1. The number of alkyl halides is 1. The molecule has 1 aromatic rings. The van der Waals surface area contributed by atoms with Crippen molar-refractivity contribution < 1.29 is 23.9 Å². The van der Waals surface area contributed by atoms with Crippen molar-refractivity contribution in [3.63, 3.8) is 0 Å². The average Bonchev–Trinajstić information content (AvgIpc) is 2.91. The van der Waals surface area contributed by atoms with E-state index in [2.05, 4.69) is 5.32 Å². The molecule has 6 nitrogen and oxygen atoms in total. The van der Waals surface area contributed by atoms with Crippen LogP contribution in [0.2, 0.25) is 0 Å². The first-order valence-corrected chi connectivity index (χ1v) is 7.75. The number of aryl methyl sites for hydroxylation is 1. The molecular formula is C17H21FN2O4. The van der Waals surface area contributed by atoms with Gasteiger partial charge in [0.05, 0.1) is 19.0 Å². The number of carboxylic acids is 1. The second kappa shape index (κ2) is 6.98. The molecule has 1 aliphatic rings. The number of nitrogens with zero attached hydrogens (tertiary/aromatic N) is 1. The van der Waals surface area contributed by atoms with E-state index in [1.165, 1.54) is 11.8 Å². The first-order chi connectivity index (χ1) is 11.2. The van der Waals surface area contributed by atoms with Gasteiger partial charge in [0.25, 0.3) is 0 Å². The van der Waals surface area contributed by atoms with Gasteiger partial charge in [-0.1, -0.05) is 29.8 Å². The minimum atomic E-state index is -2.39. The molecule has 1 fully saturated rings. The van der Waals surface area contributed by atoms with E-state index in [1.54, 1.807) is 0 Å². The summed E-state index contributed by atoms with van der Waals surface area (Å²) < 4.78 is 14.1. The van der Waals surface area contributed by atoms with Crippen molar-refractivity contribution in [2.75, 3.05) is 13.1 Å². The van der Waals surface area contributed by atoms with Crippen LogP contribution in [0.3, 0.4) is 0 Å². The summed E-state index contributed by atoms with van der Waals surface area (Å²) in [5.41, 5.74) is -0.564. The SMILES string of the molecule is CC(=O)NC(CC(=O)N1CCC(F)(C(=O)O)C1)c1ccc(C)cc1. The quantitative estimate of drug-likeness (QED) is 0.855. The van der Waals surface area contributed by atoms with Gasteiger partial charge >= 0.3 is 5.97 Å². The Balaban J connectivity index is 2.09. The van der Waals surface area contributed by atoms with Crippen LogP contribution in [-0.2, 0) is 14.4 Å². The fourth-order valence-electron chi connectivity index (χ4n) is 2.76. The number of carbonyl (C=O) groups excluding carboxylic acids is 2. The number of aliphatic carboxylic acids is 1. The molecule has 1 aromatic carbocycles. The minimum absolute atomic E-state index is 0.0433. The van der Waals surface area contributed by atoms with Crippen molar-refractivity contribution in [1.29, 1.82) is 0 Å². The summed E-state index contributed by atoms with van der Waals surface area (Å²) in [5, 5.41) is 11.6. The highest BCUT2D eigenvalue weighted by molar-refractivity contribution is 5.83. The fraction of sp³-hybridized carbons (Fsp3) is 0.471. The van der Waals surface area contributed by atoms with E-state index in [0.29, 0.717) is 0 Å². The van der Waals surface area contributed by atoms with Gasteiger partial charge in [0.15, 0.2) is 0 Å². The number of likely N-dealkylation sites (tertiary alicyclic amines) is 1. The number of rotatable bonds is 5. The Kier molecular flexibility index (Phi) is 5.21. The smallest absolute Gasteiger partial charge is 0.343 e. The topological polar surface area (TPSA) is 86.7 Å². The van der Waals surface area contributed by atoms with Crippen LogP contribution in [0.4, 0.5) is 4.39 Å². The Morgan fingerprint density at radius 1 is 1.33 bits per heavy atom. The van der Waals surface area contributed by atoms with E-state index in [-0.39, 0.29) is 31.2 Å². The van der Waals surface area contributed by atoms with Gasteiger partial charge in [-0.05, 0) is 12.5 Å². The zero-order valence-corrected chi connectivity index (χ0v) is 13.7. The molecule has 0 aliphatic carbocycles. The summed E-state index contributed by atoms with van der Waals surface area (Å²) in [6, 6.07) is 6.87. The third kappa shape index (κ3) is 4.10. The van der Waals surface area contributed by atoms with Crippen LogP contribution in [0, 0.1) is 6.92 Å². The number of carbonyl (C=O) groups is 3. The van der Waals surface area contributed by atoms with E-state index in [9.17, 15) is 18.8 Å². The number of amides is 2. The van der Waals surface area contributed by atoms with E-state index in [4.69, 9.17) is 5.11 Å². The van der Waals surface area contributed by atoms with E-state index >= 15 is 0 Å². The largest absolute Gasteiger partial charge is 0.479 e. The summed E-state index contributed by atoms with van der Waals surface area (Å²) in [7, 11) is 0. The van der Waals surface area contributed by atoms with Crippen LogP contribution in [0.1, 0.15) is 36.9 Å². The molecule has 24 heavy (non-hydrogen) atoms. The van der Waals surface area contributed by atoms with Gasteiger partial charge in [-0.25, -0.2) is 9.18 Å². The Hall–Kier alpha value is -2.44. The van der Waals surface area contributed by atoms with Crippen LogP contribution in [0.5, 0.6) is 0 Å². The average molecular weight is 336 g/mol. The van der Waals surface area contributed by atoms with Gasteiger partial charge in [0.2, 0.25) is 17.5 Å². The molecule has 0 radical (unpaired) electrons. The summed E-state index contributed by atoms with van der Waals surface area (Å²) in [6.45, 7) is 2.89. The Bertz CT molecular complexity index is 646. The highest BCUT2D eigenvalue weighted by Gasteiger charge is 2.46. The Morgan fingerprint density at radius 3 is 2.46 bits per heavy atom. The Morgan fingerprint density at radius 2 is 1.96 bits per heavy atom. The second-order valence-corrected chi connectivity index (χ2v) is 6.20. The molecule has 0 aromatic heterocycles. The standard InChI is InChI=1S/C17H21FN2O4/c1-11-3-5-13(6-4-11)14(19-12(2)21)9-15(22)20-8-7-17(18,10-20)16(23)24/h3-6,14H,7-10H2,1-2H3,(H,19,21)(H,23,24). The number of carboxylic acid groups (broad SMARTS) is 1. The van der Waals surface area contributed by atoms with Crippen LogP contribution < -0.4 is 5.32 Å². The summed E-state index contributed by atoms with van der Waals surface area (Å²) in [6.07, 6.45) is -0.262. The van der Waals surface area contributed by atoms with Crippen LogP contribution in [0.15, 0.2) is 24.3 Å². The van der Waals surface area contributed by atoms with Crippen LogP contribution in [-0.4, -0.2) is 46.5 Å². The first kappa shape index (κ1) is 17.9. The number of hydrogen-bond donors (Lipinski definition) is 2. The molecule has 2 rings (SSSR count). The van der Waals surface area contributed by atoms with Crippen molar-refractivity contribution >= 4 is 17.8 Å². The lowest BCUT2D eigenvalue weighted by molar-refractivity contribution is -0.150. The molecule has 0 spiro atoms. The predicted molar refractivity (Wildman–Crippen MR) is 85.0 cm³/mol. The molecule has 0 bridgehead atoms. The molecule has 2 unspecified atom stereocenters. The summed E-state index contributed by atoms with van der Waals surface area (Å²) in [5.74, 6) is -2.20. The zero-order chi connectivity index (χ0) is 17.9. The first-order valence-electron chi connectivity index (χ1n) is 7.75. The molecule has 2 N–H and O–H groups in total. The fourth-order valence-corrected chi connectivity index (χ4v) is 2.76. The summed E-state index contributed by atoms with van der Waals surface area (Å²) in [4.78, 5) is 36.0. The predicted octanol–water partition coefficient (Wildman–Crippen LogP) is 1.59. The van der Waals surface area contributed by atoms with Crippen LogP contribution in [0.25, 0.3) is 0 Å². The number of halogens is 1. The molecule has 2 atom stereocenters. The third-order valence-electron chi connectivity index (χ3n) is 4.19. The van der Waals surface area contributed by atoms with Crippen molar-refractivity contribution in [3.05, 3.63) is 35.4 Å². The lowest BCUT2D eigenvalue weighted by atomic mass is 10.0. The van der Waals surface area contributed by atoms with Gasteiger partial charge in [0.1, 0.15) is 0 Å². The molecule has 1 aliphatic heterocycles. The van der Waals surface area contributed by atoms with Gasteiger partial charge in [0, 0.05) is 19.9 Å². The molecule has 7 heteroatoms. The van der Waals surface area contributed by atoms with Gasteiger partial charge < -0.3 is 15.3 Å². The zero-order valence-electron chi connectivity index (χ0n) is 13.7. The molecular weight excluding hydrogens is 315 g/mol. The van der Waals surface area contributed by atoms with Crippen molar-refractivity contribution in [2.45, 2.75) is 38.4 Å². The van der Waals surface area contributed by atoms with E-state index in [1.807, 2.05) is 31.2 Å². The van der Waals surface area contributed by atoms with Crippen molar-refractivity contribution in [1.82, 2.24) is 10.2 Å². The van der Waals surface area contributed by atoms with Gasteiger partial charge in [-0.2, -0.15) is 0 Å². The normalized spacial score (nSPS) is 21.4. The van der Waals surface area contributed by atoms with Crippen LogP contribution >= 0.6 is 0 Å². The lowest BCUT2D eigenvalue weighted by Gasteiger charge is -2.23. The highest BCUT2D eigenvalue weighted by Crippen LogP contribution is 2.28. The minimum Gasteiger partial charge on any atom is -0.479 e.